The molecule has 1 heterocycles. The summed E-state index contributed by atoms with van der Waals surface area (Å²) in [7, 11) is 0. The molecule has 1 saturated carbocycles. The maximum atomic E-state index is 13.6. The van der Waals surface area contributed by atoms with E-state index in [0.29, 0.717) is 36.5 Å². The quantitative estimate of drug-likeness (QED) is 0.110. The number of hydrogen-bond acceptors (Lipinski definition) is 6. The van der Waals surface area contributed by atoms with Crippen molar-refractivity contribution in [2.45, 2.75) is 71.4 Å². The van der Waals surface area contributed by atoms with E-state index >= 15 is 0 Å². The van der Waals surface area contributed by atoms with Gasteiger partial charge in [0.15, 0.2) is 5.96 Å². The van der Waals surface area contributed by atoms with Crippen LogP contribution in [0.5, 0.6) is 0 Å². The van der Waals surface area contributed by atoms with Crippen LogP contribution in [0, 0.1) is 22.7 Å². The van der Waals surface area contributed by atoms with Crippen LogP contribution in [0.15, 0.2) is 47.5 Å². The molecule has 2 aromatic carbocycles. The van der Waals surface area contributed by atoms with Gasteiger partial charge >= 0.3 is 12.4 Å². The molecule has 1 aliphatic carbocycles. The zero-order valence-electron chi connectivity index (χ0n) is 25.3. The van der Waals surface area contributed by atoms with Crippen LogP contribution < -0.4 is 10.6 Å². The smallest absolute Gasteiger partial charge is 0.335 e. The molecule has 0 bridgehead atoms. The van der Waals surface area contributed by atoms with Gasteiger partial charge in [0.25, 0.3) is 11.9 Å². The molecule has 4 rings (SSSR count). The molecule has 0 radical (unpaired) electrons. The molecule has 3 aromatic rings. The zero-order chi connectivity index (χ0) is 33.7. The topological polar surface area (TPSA) is 135 Å². The first-order chi connectivity index (χ1) is 21.5. The van der Waals surface area contributed by atoms with E-state index in [4.69, 9.17) is 0 Å². The number of aromatic amines is 1. The molecular weight excluding hydrogens is 616 g/mol. The van der Waals surface area contributed by atoms with Crippen LogP contribution in [0.1, 0.15) is 73.5 Å². The van der Waals surface area contributed by atoms with Crippen LogP contribution >= 0.6 is 0 Å². The Morgan fingerprint density at radius 1 is 0.978 bits per heavy atom. The number of alkyl halides is 6. The second-order valence-corrected chi connectivity index (χ2v) is 12.1. The normalized spacial score (nSPS) is 17.7. The number of nitrogens with zero attached hydrogens (tertiary/aromatic N) is 6. The molecule has 1 fully saturated rings. The Bertz CT molecular complexity index is 1520. The monoisotopic (exact) mass is 649 g/mol. The SMILES string of the molecule is CC(C)(C)C1CCC(N(Cc2ccc(C(=O)Nc3nn[nH]n3)cc2)C(=NCC#N)Nc2cc(C(F)(F)F)cc(C(F)(F)F)c2)CC1. The Morgan fingerprint density at radius 3 is 2.09 bits per heavy atom. The maximum Gasteiger partial charge on any atom is 0.416 e. The molecule has 0 spiro atoms. The number of aromatic nitrogens is 4. The average Bonchev–Trinajstić information content (AvgIpc) is 3.50. The minimum Gasteiger partial charge on any atom is -0.335 e. The summed E-state index contributed by atoms with van der Waals surface area (Å²) >= 11 is 0. The summed E-state index contributed by atoms with van der Waals surface area (Å²) in [5, 5.41) is 27.4. The van der Waals surface area contributed by atoms with Gasteiger partial charge in [0.1, 0.15) is 6.54 Å². The third-order valence-electron chi connectivity index (χ3n) is 7.92. The van der Waals surface area contributed by atoms with Gasteiger partial charge in [-0.2, -0.15) is 36.8 Å². The Kier molecular flexibility index (Phi) is 10.2. The molecular formula is C30H33F6N9O. The molecule has 0 atom stereocenters. The summed E-state index contributed by atoms with van der Waals surface area (Å²) in [6.07, 6.45) is -7.04. The number of guanidine groups is 1. The highest BCUT2D eigenvalue weighted by molar-refractivity contribution is 6.03. The number of rotatable bonds is 7. The van der Waals surface area contributed by atoms with Gasteiger partial charge in [-0.05, 0) is 78.1 Å². The highest BCUT2D eigenvalue weighted by Gasteiger charge is 2.38. The average molecular weight is 650 g/mol. The number of anilines is 2. The van der Waals surface area contributed by atoms with Crippen LogP contribution in [0.4, 0.5) is 38.0 Å². The number of nitrogens with one attached hydrogen (secondary N) is 3. The van der Waals surface area contributed by atoms with Crippen molar-refractivity contribution in [1.82, 2.24) is 25.5 Å². The molecule has 246 valence electrons. The number of H-pyrrole nitrogens is 1. The van der Waals surface area contributed by atoms with Crippen molar-refractivity contribution in [2.75, 3.05) is 17.2 Å². The van der Waals surface area contributed by atoms with E-state index in [2.05, 4.69) is 57.0 Å². The first-order valence-electron chi connectivity index (χ1n) is 14.4. The summed E-state index contributed by atoms with van der Waals surface area (Å²) in [5.41, 5.74) is -2.41. The summed E-state index contributed by atoms with van der Waals surface area (Å²) in [4.78, 5) is 18.6. The lowest BCUT2D eigenvalue weighted by Gasteiger charge is -2.42. The predicted molar refractivity (Wildman–Crippen MR) is 157 cm³/mol. The van der Waals surface area contributed by atoms with Crippen molar-refractivity contribution >= 4 is 23.5 Å². The van der Waals surface area contributed by atoms with Gasteiger partial charge in [-0.1, -0.05) is 38.0 Å². The number of tetrazole rings is 1. The number of nitriles is 1. The van der Waals surface area contributed by atoms with Crippen LogP contribution in [-0.4, -0.2) is 50.0 Å². The van der Waals surface area contributed by atoms with Crippen molar-refractivity contribution in [2.24, 2.45) is 16.3 Å². The van der Waals surface area contributed by atoms with Crippen molar-refractivity contribution in [3.05, 3.63) is 64.7 Å². The number of amides is 1. The van der Waals surface area contributed by atoms with E-state index in [1.54, 1.807) is 29.2 Å². The zero-order valence-corrected chi connectivity index (χ0v) is 25.3. The van der Waals surface area contributed by atoms with Crippen molar-refractivity contribution in [3.63, 3.8) is 0 Å². The molecule has 1 aromatic heterocycles. The molecule has 10 nitrogen and oxygen atoms in total. The van der Waals surface area contributed by atoms with Gasteiger partial charge in [-0.15, -0.1) is 5.10 Å². The highest BCUT2D eigenvalue weighted by Crippen LogP contribution is 2.40. The standard InChI is InChI=1S/C30H33F6N9O/c1-28(2,3)20-8-10-24(11-9-20)45(17-18-4-6-19(7-5-18)25(46)40-26-41-43-44-42-26)27(38-13-12-37)39-23-15-21(29(31,32)33)14-22(16-23)30(34,35)36/h4-7,14-16,20,24H,8-11,13,17H2,1-3H3,(H,38,39)(H2,40,41,42,43,44,46). The summed E-state index contributed by atoms with van der Waals surface area (Å²) in [6.45, 7) is 6.20. The molecule has 46 heavy (non-hydrogen) atoms. The second-order valence-electron chi connectivity index (χ2n) is 12.1. The molecule has 0 saturated heterocycles. The summed E-state index contributed by atoms with van der Waals surface area (Å²) in [5.74, 6) is -0.132. The number of hydrogen-bond donors (Lipinski definition) is 3. The summed E-state index contributed by atoms with van der Waals surface area (Å²) in [6, 6.07) is 9.36. The van der Waals surface area contributed by atoms with Crippen molar-refractivity contribution in [1.29, 1.82) is 5.26 Å². The van der Waals surface area contributed by atoms with E-state index in [-0.39, 0.29) is 41.5 Å². The van der Waals surface area contributed by atoms with Gasteiger partial charge in [0, 0.05) is 23.8 Å². The predicted octanol–water partition coefficient (Wildman–Crippen LogP) is 6.89. The van der Waals surface area contributed by atoms with E-state index in [0.717, 1.165) is 12.8 Å². The van der Waals surface area contributed by atoms with Crippen LogP contribution in [0.3, 0.4) is 0 Å². The van der Waals surface area contributed by atoms with Gasteiger partial charge < -0.3 is 10.2 Å². The Morgan fingerprint density at radius 2 is 1.59 bits per heavy atom. The molecule has 0 unspecified atom stereocenters. The number of aliphatic imine (C=N–C) groups is 1. The van der Waals surface area contributed by atoms with Crippen LogP contribution in [-0.2, 0) is 18.9 Å². The molecule has 1 aliphatic rings. The number of halogens is 6. The minimum atomic E-state index is -5.04. The molecule has 3 N–H and O–H groups in total. The number of carbonyl (C=O) groups excluding carboxylic acids is 1. The fourth-order valence-corrected chi connectivity index (χ4v) is 5.45. The van der Waals surface area contributed by atoms with E-state index < -0.39 is 41.6 Å². The van der Waals surface area contributed by atoms with E-state index in [1.807, 2.05) is 6.07 Å². The van der Waals surface area contributed by atoms with Crippen molar-refractivity contribution in [3.8, 4) is 6.07 Å². The lowest BCUT2D eigenvalue weighted by atomic mass is 9.71. The van der Waals surface area contributed by atoms with E-state index in [1.165, 1.54) is 0 Å². The van der Waals surface area contributed by atoms with Gasteiger partial charge in [-0.3, -0.25) is 10.1 Å². The molecule has 16 heteroatoms. The van der Waals surface area contributed by atoms with Gasteiger partial charge in [0.05, 0.1) is 17.2 Å². The number of carbonyl (C=O) groups is 1. The molecule has 1 amide bonds. The third-order valence-corrected chi connectivity index (χ3v) is 7.92. The fourth-order valence-electron chi connectivity index (χ4n) is 5.45. The van der Waals surface area contributed by atoms with Gasteiger partial charge in [-0.25, -0.2) is 4.99 Å². The maximum absolute atomic E-state index is 13.6. The second kappa shape index (κ2) is 13.8. The lowest BCUT2D eigenvalue weighted by molar-refractivity contribution is -0.143. The third kappa shape index (κ3) is 8.95. The Labute approximate surface area is 261 Å². The van der Waals surface area contributed by atoms with Crippen molar-refractivity contribution < 1.29 is 31.1 Å². The van der Waals surface area contributed by atoms with Crippen LogP contribution in [0.25, 0.3) is 0 Å². The Hall–Kier alpha value is -4.68. The van der Waals surface area contributed by atoms with E-state index in [9.17, 15) is 36.4 Å². The highest BCUT2D eigenvalue weighted by atomic mass is 19.4. The van der Waals surface area contributed by atoms with Gasteiger partial charge in [0.2, 0.25) is 0 Å². The van der Waals surface area contributed by atoms with Crippen LogP contribution in [0.2, 0.25) is 0 Å². The summed E-state index contributed by atoms with van der Waals surface area (Å²) < 4.78 is 81.7. The number of benzene rings is 2. The largest absolute Gasteiger partial charge is 0.416 e. The first kappa shape index (κ1) is 34.2. The fraction of sp³-hybridized carbons (Fsp3) is 0.467. The Balaban J connectivity index is 1.68. The molecule has 0 aliphatic heterocycles. The first-order valence-corrected chi connectivity index (χ1v) is 14.4. The lowest BCUT2D eigenvalue weighted by Crippen LogP contribution is -2.46. The minimum absolute atomic E-state index is 0.0150.